The van der Waals surface area contributed by atoms with Gasteiger partial charge in [0, 0.05) is 12.6 Å². The topological polar surface area (TPSA) is 105 Å². The van der Waals surface area contributed by atoms with Crippen LogP contribution in [0, 0.1) is 22.0 Å². The second-order valence-corrected chi connectivity index (χ2v) is 5.29. The van der Waals surface area contributed by atoms with Crippen molar-refractivity contribution < 1.29 is 14.8 Å². The number of aromatic nitrogens is 1. The number of hydrogen-bond donors (Lipinski definition) is 2. The van der Waals surface area contributed by atoms with Gasteiger partial charge in [0.2, 0.25) is 5.82 Å². The zero-order valence-electron chi connectivity index (χ0n) is 11.2. The lowest BCUT2D eigenvalue weighted by molar-refractivity contribution is -0.384. The second kappa shape index (κ2) is 5.85. The summed E-state index contributed by atoms with van der Waals surface area (Å²) in [5.74, 6) is -0.0260. The van der Waals surface area contributed by atoms with Crippen LogP contribution in [0.5, 0.6) is 0 Å². The first-order valence-corrected chi connectivity index (χ1v) is 6.60. The molecule has 0 spiro atoms. The molecule has 0 aromatic carbocycles. The third-order valence-corrected chi connectivity index (χ3v) is 3.65. The van der Waals surface area contributed by atoms with Gasteiger partial charge in [-0.05, 0) is 30.7 Å². The Hall–Kier alpha value is -2.18. The zero-order valence-corrected chi connectivity index (χ0v) is 11.2. The molecule has 1 saturated carbocycles. The Morgan fingerprint density at radius 1 is 1.55 bits per heavy atom. The Morgan fingerprint density at radius 3 is 2.85 bits per heavy atom. The third kappa shape index (κ3) is 3.23. The van der Waals surface area contributed by atoms with Gasteiger partial charge in [0.1, 0.15) is 0 Å². The summed E-state index contributed by atoms with van der Waals surface area (Å²) in [7, 11) is 0. The first kappa shape index (κ1) is 14.2. The molecular formula is C13H17N3O4. The number of carbonyl (C=O) groups is 1. The molecule has 1 fully saturated rings. The van der Waals surface area contributed by atoms with Gasteiger partial charge in [-0.3, -0.25) is 10.1 Å². The summed E-state index contributed by atoms with van der Waals surface area (Å²) in [6.45, 7) is 2.77. The lowest BCUT2D eigenvalue weighted by atomic mass is 10.1. The molecule has 2 unspecified atom stereocenters. The van der Waals surface area contributed by atoms with Gasteiger partial charge >= 0.3 is 11.7 Å². The van der Waals surface area contributed by atoms with E-state index in [4.69, 9.17) is 5.11 Å². The Kier molecular flexibility index (Phi) is 4.16. The monoisotopic (exact) mass is 279 g/mol. The number of rotatable bonds is 5. The molecule has 7 heteroatoms. The average molecular weight is 279 g/mol. The Morgan fingerprint density at radius 2 is 2.30 bits per heavy atom. The summed E-state index contributed by atoms with van der Waals surface area (Å²) in [5.41, 5.74) is -0.390. The molecule has 20 heavy (non-hydrogen) atoms. The Balaban J connectivity index is 2.13. The molecule has 2 atom stereocenters. The van der Waals surface area contributed by atoms with E-state index in [1.807, 2.05) is 0 Å². The van der Waals surface area contributed by atoms with Crippen LogP contribution in [0.1, 0.15) is 36.7 Å². The maximum atomic E-state index is 10.9. The fourth-order valence-electron chi connectivity index (χ4n) is 2.60. The largest absolute Gasteiger partial charge is 0.477 e. The molecule has 108 valence electrons. The molecule has 1 heterocycles. The van der Waals surface area contributed by atoms with E-state index in [-0.39, 0.29) is 17.2 Å². The van der Waals surface area contributed by atoms with Gasteiger partial charge in [-0.25, -0.2) is 9.78 Å². The number of carboxylic acids is 1. The van der Waals surface area contributed by atoms with Crippen LogP contribution in [0.4, 0.5) is 11.5 Å². The van der Waals surface area contributed by atoms with Gasteiger partial charge in [-0.15, -0.1) is 0 Å². The van der Waals surface area contributed by atoms with Crippen LogP contribution >= 0.6 is 0 Å². The normalized spacial score (nSPS) is 21.6. The fourth-order valence-corrected chi connectivity index (χ4v) is 2.60. The molecule has 1 aliphatic carbocycles. The van der Waals surface area contributed by atoms with Crippen molar-refractivity contribution in [2.24, 2.45) is 11.8 Å². The zero-order chi connectivity index (χ0) is 14.7. The summed E-state index contributed by atoms with van der Waals surface area (Å²) in [6, 6.07) is 2.32. The van der Waals surface area contributed by atoms with Crippen molar-refractivity contribution in [1.29, 1.82) is 0 Å². The quantitative estimate of drug-likeness (QED) is 0.633. The molecule has 1 aliphatic rings. The molecule has 0 aliphatic heterocycles. The molecule has 2 N–H and O–H groups in total. The van der Waals surface area contributed by atoms with Crippen molar-refractivity contribution in [1.82, 2.24) is 4.98 Å². The van der Waals surface area contributed by atoms with Crippen LogP contribution in [0.15, 0.2) is 12.1 Å². The predicted molar refractivity (Wildman–Crippen MR) is 72.8 cm³/mol. The summed E-state index contributed by atoms with van der Waals surface area (Å²) in [4.78, 5) is 25.1. The van der Waals surface area contributed by atoms with E-state index in [2.05, 4.69) is 17.2 Å². The lowest BCUT2D eigenvalue weighted by Crippen LogP contribution is -2.15. The molecule has 1 aromatic rings. The average Bonchev–Trinajstić information content (AvgIpc) is 2.81. The Labute approximate surface area is 116 Å². The van der Waals surface area contributed by atoms with E-state index >= 15 is 0 Å². The first-order valence-electron chi connectivity index (χ1n) is 6.60. The van der Waals surface area contributed by atoms with Crippen LogP contribution in [0.25, 0.3) is 0 Å². The standard InChI is InChI=1S/C13H17N3O4/c1-8-2-3-9(6-8)7-14-12-11(16(19)20)5-4-10(15-12)13(17)18/h4-5,8-9H,2-3,6-7H2,1H3,(H,14,15)(H,17,18). The molecular weight excluding hydrogens is 262 g/mol. The maximum absolute atomic E-state index is 10.9. The lowest BCUT2D eigenvalue weighted by Gasteiger charge is -2.12. The first-order chi connectivity index (χ1) is 9.47. The molecule has 0 saturated heterocycles. The smallest absolute Gasteiger partial charge is 0.354 e. The number of carboxylic acid groups (broad SMARTS) is 1. The highest BCUT2D eigenvalue weighted by molar-refractivity contribution is 5.86. The van der Waals surface area contributed by atoms with Crippen molar-refractivity contribution in [2.75, 3.05) is 11.9 Å². The van der Waals surface area contributed by atoms with E-state index in [0.29, 0.717) is 18.4 Å². The number of nitro groups is 1. The van der Waals surface area contributed by atoms with Gasteiger partial charge in [0.25, 0.3) is 0 Å². The fraction of sp³-hybridized carbons (Fsp3) is 0.538. The van der Waals surface area contributed by atoms with E-state index in [1.54, 1.807) is 0 Å². The van der Waals surface area contributed by atoms with Crippen LogP contribution in [-0.2, 0) is 0 Å². The van der Waals surface area contributed by atoms with Crippen molar-refractivity contribution in [3.8, 4) is 0 Å². The molecule has 2 rings (SSSR count). The van der Waals surface area contributed by atoms with Crippen LogP contribution < -0.4 is 5.32 Å². The van der Waals surface area contributed by atoms with E-state index in [0.717, 1.165) is 25.3 Å². The van der Waals surface area contributed by atoms with Gasteiger partial charge in [-0.1, -0.05) is 13.3 Å². The highest BCUT2D eigenvalue weighted by Crippen LogP contribution is 2.31. The van der Waals surface area contributed by atoms with Crippen molar-refractivity contribution >= 4 is 17.5 Å². The third-order valence-electron chi connectivity index (χ3n) is 3.65. The maximum Gasteiger partial charge on any atom is 0.354 e. The predicted octanol–water partition coefficient (Wildman–Crippen LogP) is 2.54. The number of aromatic carboxylic acids is 1. The summed E-state index contributed by atoms with van der Waals surface area (Å²) >= 11 is 0. The number of nitrogens with zero attached hydrogens (tertiary/aromatic N) is 2. The van der Waals surface area contributed by atoms with Crippen molar-refractivity contribution in [3.05, 3.63) is 27.9 Å². The van der Waals surface area contributed by atoms with Crippen LogP contribution in [-0.4, -0.2) is 27.5 Å². The van der Waals surface area contributed by atoms with Gasteiger partial charge in [-0.2, -0.15) is 0 Å². The number of anilines is 1. The second-order valence-electron chi connectivity index (χ2n) is 5.29. The minimum Gasteiger partial charge on any atom is -0.477 e. The summed E-state index contributed by atoms with van der Waals surface area (Å²) in [6.07, 6.45) is 3.33. The van der Waals surface area contributed by atoms with E-state index in [9.17, 15) is 14.9 Å². The van der Waals surface area contributed by atoms with E-state index < -0.39 is 10.9 Å². The summed E-state index contributed by atoms with van der Waals surface area (Å²) < 4.78 is 0. The molecule has 1 aromatic heterocycles. The van der Waals surface area contributed by atoms with Crippen molar-refractivity contribution in [2.45, 2.75) is 26.2 Å². The highest BCUT2D eigenvalue weighted by atomic mass is 16.6. The number of pyridine rings is 1. The molecule has 0 amide bonds. The minimum atomic E-state index is -1.20. The van der Waals surface area contributed by atoms with Crippen molar-refractivity contribution in [3.63, 3.8) is 0 Å². The van der Waals surface area contributed by atoms with Crippen LogP contribution in [0.3, 0.4) is 0 Å². The summed E-state index contributed by atoms with van der Waals surface area (Å²) in [5, 5.41) is 22.8. The molecule has 7 nitrogen and oxygen atoms in total. The SMILES string of the molecule is CC1CCC(CNc2nc(C(=O)O)ccc2[N+](=O)[O-])C1. The Bertz CT molecular complexity index is 532. The minimum absolute atomic E-state index is 0.0365. The van der Waals surface area contributed by atoms with Gasteiger partial charge < -0.3 is 10.4 Å². The number of nitrogens with one attached hydrogen (secondary N) is 1. The number of hydrogen-bond acceptors (Lipinski definition) is 5. The van der Waals surface area contributed by atoms with Gasteiger partial charge in [0.15, 0.2) is 5.69 Å². The molecule has 0 bridgehead atoms. The van der Waals surface area contributed by atoms with E-state index in [1.165, 1.54) is 6.07 Å². The molecule has 0 radical (unpaired) electrons. The van der Waals surface area contributed by atoms with Gasteiger partial charge in [0.05, 0.1) is 4.92 Å². The van der Waals surface area contributed by atoms with Crippen LogP contribution in [0.2, 0.25) is 0 Å². The highest BCUT2D eigenvalue weighted by Gasteiger charge is 2.23.